The minimum atomic E-state index is -0.807. The van der Waals surface area contributed by atoms with E-state index in [-0.39, 0.29) is 16.4 Å². The summed E-state index contributed by atoms with van der Waals surface area (Å²) in [5, 5.41) is 10.3. The van der Waals surface area contributed by atoms with Crippen molar-refractivity contribution in [2.24, 2.45) is 16.7 Å². The van der Waals surface area contributed by atoms with E-state index in [0.29, 0.717) is 12.3 Å². The van der Waals surface area contributed by atoms with Crippen LogP contribution in [0.5, 0.6) is 0 Å². The van der Waals surface area contributed by atoms with E-state index in [9.17, 15) is 5.11 Å². The smallest absolute Gasteiger partial charge is 0.166 e. The predicted molar refractivity (Wildman–Crippen MR) is 84.4 cm³/mol. The van der Waals surface area contributed by atoms with Gasteiger partial charge in [-0.05, 0) is 32.1 Å². The van der Waals surface area contributed by atoms with Crippen LogP contribution in [0, 0.1) is 16.7 Å². The van der Waals surface area contributed by atoms with Gasteiger partial charge in [0.25, 0.3) is 0 Å². The van der Waals surface area contributed by atoms with Crippen molar-refractivity contribution in [1.29, 1.82) is 0 Å². The van der Waals surface area contributed by atoms with Gasteiger partial charge in [-0.15, -0.1) is 0 Å². The maximum Gasteiger partial charge on any atom is 0.166 e. The fourth-order valence-electron chi connectivity index (χ4n) is 1.61. The summed E-state index contributed by atoms with van der Waals surface area (Å²) >= 11 is 0. The van der Waals surface area contributed by atoms with Crippen molar-refractivity contribution in [3.8, 4) is 0 Å². The van der Waals surface area contributed by atoms with E-state index in [4.69, 9.17) is 9.47 Å². The molecular formula is C17H36O3. The van der Waals surface area contributed by atoms with Gasteiger partial charge >= 0.3 is 0 Å². The molecule has 0 fully saturated rings. The summed E-state index contributed by atoms with van der Waals surface area (Å²) < 4.78 is 11.8. The first-order chi connectivity index (χ1) is 8.65. The first-order valence-electron chi connectivity index (χ1n) is 7.66. The van der Waals surface area contributed by atoms with Gasteiger partial charge in [0.1, 0.15) is 0 Å². The van der Waals surface area contributed by atoms with Crippen LogP contribution in [0.4, 0.5) is 0 Å². The molecule has 0 saturated heterocycles. The average Bonchev–Trinajstić information content (AvgIpc) is 2.11. The maximum atomic E-state index is 10.3. The summed E-state index contributed by atoms with van der Waals surface area (Å²) in [5.74, 6) is 0.484. The second-order valence-corrected chi connectivity index (χ2v) is 8.87. The van der Waals surface area contributed by atoms with Gasteiger partial charge in [-0.3, -0.25) is 0 Å². The van der Waals surface area contributed by atoms with Crippen molar-refractivity contribution in [3.63, 3.8) is 0 Å². The molecule has 0 aliphatic heterocycles. The van der Waals surface area contributed by atoms with Crippen molar-refractivity contribution >= 4 is 0 Å². The molecule has 1 N–H and O–H groups in total. The standard InChI is InChI=1S/C17H36O3/c1-12(2)17(9,10)11-13(18)19-14(15(3,4)5)20-16(6,7)8/h12-14,18H,11H2,1-10H3. The Kier molecular flexibility index (Phi) is 6.72. The molecule has 0 aromatic heterocycles. The van der Waals surface area contributed by atoms with Crippen LogP contribution in [0.1, 0.15) is 75.7 Å². The molecule has 0 aliphatic carbocycles. The summed E-state index contributed by atoms with van der Waals surface area (Å²) in [6.07, 6.45) is -0.635. The monoisotopic (exact) mass is 288 g/mol. The van der Waals surface area contributed by atoms with E-state index in [1.807, 2.05) is 20.8 Å². The normalized spacial score (nSPS) is 17.4. The third kappa shape index (κ3) is 7.61. The molecule has 122 valence electrons. The van der Waals surface area contributed by atoms with E-state index in [2.05, 4.69) is 48.5 Å². The Hall–Kier alpha value is -0.120. The van der Waals surface area contributed by atoms with Crippen LogP contribution in [0.2, 0.25) is 0 Å². The van der Waals surface area contributed by atoms with Gasteiger partial charge in [0.05, 0.1) is 5.60 Å². The van der Waals surface area contributed by atoms with Gasteiger partial charge in [-0.1, -0.05) is 48.5 Å². The molecule has 3 nitrogen and oxygen atoms in total. The zero-order valence-corrected chi connectivity index (χ0v) is 15.2. The van der Waals surface area contributed by atoms with Crippen molar-refractivity contribution < 1.29 is 14.6 Å². The Labute approximate surface area is 126 Å². The summed E-state index contributed by atoms with van der Waals surface area (Å²) in [6.45, 7) is 20.8. The average molecular weight is 288 g/mol. The lowest BCUT2D eigenvalue weighted by atomic mass is 9.78. The maximum absolute atomic E-state index is 10.3. The molecular weight excluding hydrogens is 252 g/mol. The zero-order chi connectivity index (χ0) is 16.4. The second kappa shape index (κ2) is 6.76. The number of aliphatic hydroxyl groups is 1. The third-order valence-corrected chi connectivity index (χ3v) is 3.71. The number of hydrogen-bond acceptors (Lipinski definition) is 3. The number of aliphatic hydroxyl groups excluding tert-OH is 1. The largest absolute Gasteiger partial charge is 0.368 e. The molecule has 0 bridgehead atoms. The van der Waals surface area contributed by atoms with E-state index >= 15 is 0 Å². The van der Waals surface area contributed by atoms with Crippen LogP contribution in [0.25, 0.3) is 0 Å². The van der Waals surface area contributed by atoms with Crippen LogP contribution in [0.3, 0.4) is 0 Å². The first kappa shape index (κ1) is 19.9. The van der Waals surface area contributed by atoms with Crippen LogP contribution >= 0.6 is 0 Å². The molecule has 0 spiro atoms. The molecule has 20 heavy (non-hydrogen) atoms. The van der Waals surface area contributed by atoms with Gasteiger partial charge in [0.2, 0.25) is 0 Å². The Bertz CT molecular complexity index is 282. The van der Waals surface area contributed by atoms with Crippen LogP contribution in [0.15, 0.2) is 0 Å². The highest BCUT2D eigenvalue weighted by atomic mass is 16.7. The molecule has 2 unspecified atom stereocenters. The number of ether oxygens (including phenoxy) is 2. The molecule has 3 heteroatoms. The molecule has 0 heterocycles. The molecule has 0 aromatic carbocycles. The van der Waals surface area contributed by atoms with E-state index < -0.39 is 12.6 Å². The van der Waals surface area contributed by atoms with E-state index in [0.717, 1.165) is 0 Å². The molecule has 0 aromatic rings. The van der Waals surface area contributed by atoms with Crippen molar-refractivity contribution in [3.05, 3.63) is 0 Å². The Balaban J connectivity index is 4.75. The van der Waals surface area contributed by atoms with Gasteiger partial charge in [-0.25, -0.2) is 0 Å². The molecule has 0 rings (SSSR count). The Morgan fingerprint density at radius 1 is 0.900 bits per heavy atom. The highest BCUT2D eigenvalue weighted by Gasteiger charge is 2.34. The SMILES string of the molecule is CC(C)C(C)(C)CC(O)OC(OC(C)(C)C)C(C)(C)C. The Morgan fingerprint density at radius 2 is 1.35 bits per heavy atom. The van der Waals surface area contributed by atoms with Crippen molar-refractivity contribution in [2.75, 3.05) is 0 Å². The van der Waals surface area contributed by atoms with Crippen LogP contribution in [-0.2, 0) is 9.47 Å². The van der Waals surface area contributed by atoms with Crippen LogP contribution < -0.4 is 0 Å². The number of hydrogen-bond donors (Lipinski definition) is 1. The lowest BCUT2D eigenvalue weighted by molar-refractivity contribution is -0.296. The summed E-state index contributed by atoms with van der Waals surface area (Å²) in [4.78, 5) is 0. The van der Waals surface area contributed by atoms with Crippen molar-refractivity contribution in [2.45, 2.75) is 93.8 Å². The predicted octanol–water partition coefficient (Wildman–Crippen LogP) is 4.58. The molecule has 0 amide bonds. The lowest BCUT2D eigenvalue weighted by Gasteiger charge is -2.39. The third-order valence-electron chi connectivity index (χ3n) is 3.71. The van der Waals surface area contributed by atoms with Crippen LogP contribution in [-0.4, -0.2) is 23.3 Å². The molecule has 0 saturated carbocycles. The van der Waals surface area contributed by atoms with Crippen molar-refractivity contribution in [1.82, 2.24) is 0 Å². The highest BCUT2D eigenvalue weighted by molar-refractivity contribution is 4.76. The first-order valence-corrected chi connectivity index (χ1v) is 7.66. The zero-order valence-electron chi connectivity index (χ0n) is 15.2. The summed E-state index contributed by atoms with van der Waals surface area (Å²) in [7, 11) is 0. The highest BCUT2D eigenvalue weighted by Crippen LogP contribution is 2.34. The number of rotatable bonds is 6. The van der Waals surface area contributed by atoms with Gasteiger partial charge in [-0.2, -0.15) is 0 Å². The van der Waals surface area contributed by atoms with Gasteiger partial charge in [0.15, 0.2) is 12.6 Å². The van der Waals surface area contributed by atoms with E-state index in [1.165, 1.54) is 0 Å². The topological polar surface area (TPSA) is 38.7 Å². The Morgan fingerprint density at radius 3 is 1.65 bits per heavy atom. The molecule has 2 atom stereocenters. The minimum Gasteiger partial charge on any atom is -0.368 e. The fourth-order valence-corrected chi connectivity index (χ4v) is 1.61. The van der Waals surface area contributed by atoms with Gasteiger partial charge in [0, 0.05) is 11.8 Å². The quantitative estimate of drug-likeness (QED) is 0.727. The van der Waals surface area contributed by atoms with E-state index in [1.54, 1.807) is 0 Å². The second-order valence-electron chi connectivity index (χ2n) is 8.87. The summed E-state index contributed by atoms with van der Waals surface area (Å²) in [5.41, 5.74) is -0.453. The van der Waals surface area contributed by atoms with Gasteiger partial charge < -0.3 is 14.6 Å². The lowest BCUT2D eigenvalue weighted by Crippen LogP contribution is -2.42. The minimum absolute atomic E-state index is 0.0313. The molecule has 0 aliphatic rings. The molecule has 0 radical (unpaired) electrons. The fraction of sp³-hybridized carbons (Fsp3) is 1.00. The summed E-state index contributed by atoms with van der Waals surface area (Å²) in [6, 6.07) is 0.